The fourth-order valence-corrected chi connectivity index (χ4v) is 2.62. The molecule has 0 saturated carbocycles. The fraction of sp³-hybridized carbons (Fsp3) is 0.188. The van der Waals surface area contributed by atoms with Crippen molar-refractivity contribution in [2.24, 2.45) is 0 Å². The minimum Gasteiger partial charge on any atom is -0.478 e. The standard InChI is InChI=1S/C16H14FN3O2S/c1-2-14(22-15-6-4-3-5-11(15)17)16(21)18-10-7-8-12-13(9-10)20-23-19-12/h3-9,14H,2H2,1H3,(H,18,21)/t14-/m0/s1. The number of nitrogens with one attached hydrogen (secondary N) is 1. The van der Waals surface area contributed by atoms with Crippen molar-refractivity contribution in [3.05, 3.63) is 48.3 Å². The van der Waals surface area contributed by atoms with Gasteiger partial charge in [0.1, 0.15) is 11.0 Å². The minimum absolute atomic E-state index is 0.0636. The molecule has 3 aromatic rings. The second-order valence-electron chi connectivity index (χ2n) is 4.90. The van der Waals surface area contributed by atoms with Gasteiger partial charge in [0.25, 0.3) is 5.91 Å². The number of nitrogens with zero attached hydrogens (tertiary/aromatic N) is 2. The first-order chi connectivity index (χ1) is 11.2. The van der Waals surface area contributed by atoms with E-state index >= 15 is 0 Å². The highest BCUT2D eigenvalue weighted by atomic mass is 32.1. The maximum absolute atomic E-state index is 13.6. The Hall–Kier alpha value is -2.54. The van der Waals surface area contributed by atoms with Crippen LogP contribution in [0.15, 0.2) is 42.5 Å². The summed E-state index contributed by atoms with van der Waals surface area (Å²) in [5.74, 6) is -0.763. The number of fused-ring (bicyclic) bond motifs is 1. The van der Waals surface area contributed by atoms with Crippen molar-refractivity contribution in [3.63, 3.8) is 0 Å². The van der Waals surface area contributed by atoms with Crippen LogP contribution in [0.1, 0.15) is 13.3 Å². The van der Waals surface area contributed by atoms with Gasteiger partial charge in [-0.1, -0.05) is 19.1 Å². The van der Waals surface area contributed by atoms with Crippen LogP contribution in [0.3, 0.4) is 0 Å². The topological polar surface area (TPSA) is 64.1 Å². The maximum Gasteiger partial charge on any atom is 0.265 e. The number of carbonyl (C=O) groups is 1. The Balaban J connectivity index is 1.73. The number of anilines is 1. The molecule has 0 aliphatic rings. The van der Waals surface area contributed by atoms with E-state index in [0.717, 1.165) is 22.8 Å². The number of hydrogen-bond donors (Lipinski definition) is 1. The van der Waals surface area contributed by atoms with Gasteiger partial charge in [0.15, 0.2) is 17.7 Å². The van der Waals surface area contributed by atoms with E-state index in [0.29, 0.717) is 12.1 Å². The molecule has 1 atom stereocenters. The summed E-state index contributed by atoms with van der Waals surface area (Å²) in [6.07, 6.45) is -0.364. The highest BCUT2D eigenvalue weighted by Crippen LogP contribution is 2.20. The molecule has 3 rings (SSSR count). The molecule has 0 bridgehead atoms. The number of carbonyl (C=O) groups excluding carboxylic acids is 1. The fourth-order valence-electron chi connectivity index (χ4n) is 2.10. The molecule has 23 heavy (non-hydrogen) atoms. The average Bonchev–Trinajstić information content (AvgIpc) is 3.01. The van der Waals surface area contributed by atoms with E-state index in [1.807, 2.05) is 0 Å². The molecule has 0 aliphatic heterocycles. The Labute approximate surface area is 136 Å². The normalized spacial score (nSPS) is 12.1. The second kappa shape index (κ2) is 6.70. The Morgan fingerprint density at radius 2 is 2.04 bits per heavy atom. The van der Waals surface area contributed by atoms with Gasteiger partial charge in [0.2, 0.25) is 0 Å². The quantitative estimate of drug-likeness (QED) is 0.775. The van der Waals surface area contributed by atoms with Crippen molar-refractivity contribution in [2.45, 2.75) is 19.4 Å². The molecule has 1 aromatic heterocycles. The average molecular weight is 331 g/mol. The zero-order valence-electron chi connectivity index (χ0n) is 12.3. The minimum atomic E-state index is -0.781. The number of ether oxygens (including phenoxy) is 1. The van der Waals surface area contributed by atoms with Crippen LogP contribution < -0.4 is 10.1 Å². The highest BCUT2D eigenvalue weighted by molar-refractivity contribution is 7.00. The number of hydrogen-bond acceptors (Lipinski definition) is 5. The van der Waals surface area contributed by atoms with Gasteiger partial charge in [0, 0.05) is 5.69 Å². The van der Waals surface area contributed by atoms with E-state index in [1.54, 1.807) is 37.3 Å². The molecular weight excluding hydrogens is 317 g/mol. The van der Waals surface area contributed by atoms with Gasteiger partial charge >= 0.3 is 0 Å². The molecule has 2 aromatic carbocycles. The molecule has 1 N–H and O–H groups in total. The van der Waals surface area contributed by atoms with E-state index in [4.69, 9.17) is 4.74 Å². The van der Waals surface area contributed by atoms with Crippen LogP contribution in [0.4, 0.5) is 10.1 Å². The van der Waals surface area contributed by atoms with Crippen LogP contribution >= 0.6 is 11.7 Å². The molecule has 1 amide bonds. The van der Waals surface area contributed by atoms with E-state index in [1.165, 1.54) is 12.1 Å². The summed E-state index contributed by atoms with van der Waals surface area (Å²) in [7, 11) is 0. The molecule has 0 radical (unpaired) electrons. The monoisotopic (exact) mass is 331 g/mol. The maximum atomic E-state index is 13.6. The largest absolute Gasteiger partial charge is 0.478 e. The molecule has 0 fully saturated rings. The number of halogens is 1. The molecule has 0 aliphatic carbocycles. The Morgan fingerprint density at radius 3 is 2.83 bits per heavy atom. The first-order valence-corrected chi connectivity index (χ1v) is 7.85. The molecule has 0 unspecified atom stereocenters. The van der Waals surface area contributed by atoms with E-state index in [-0.39, 0.29) is 11.7 Å². The van der Waals surface area contributed by atoms with Crippen LogP contribution in [0.2, 0.25) is 0 Å². The third-order valence-electron chi connectivity index (χ3n) is 3.29. The second-order valence-corrected chi connectivity index (χ2v) is 5.43. The zero-order valence-corrected chi connectivity index (χ0v) is 13.1. The van der Waals surface area contributed by atoms with Crippen LogP contribution in [0.5, 0.6) is 5.75 Å². The van der Waals surface area contributed by atoms with Crippen molar-refractivity contribution >= 4 is 34.4 Å². The summed E-state index contributed by atoms with van der Waals surface area (Å²) in [5, 5.41) is 2.77. The third-order valence-corrected chi connectivity index (χ3v) is 3.85. The SMILES string of the molecule is CC[C@H](Oc1ccccc1F)C(=O)Nc1ccc2nsnc2c1. The van der Waals surface area contributed by atoms with Gasteiger partial charge in [-0.3, -0.25) is 4.79 Å². The Bertz CT molecular complexity index is 837. The van der Waals surface area contributed by atoms with Gasteiger partial charge < -0.3 is 10.1 Å². The van der Waals surface area contributed by atoms with Crippen molar-refractivity contribution in [1.29, 1.82) is 0 Å². The first kappa shape index (κ1) is 15.4. The summed E-state index contributed by atoms with van der Waals surface area (Å²) >= 11 is 1.12. The van der Waals surface area contributed by atoms with Crippen molar-refractivity contribution in [1.82, 2.24) is 8.75 Å². The van der Waals surface area contributed by atoms with E-state index in [2.05, 4.69) is 14.1 Å². The third kappa shape index (κ3) is 3.45. The number of rotatable bonds is 5. The number of para-hydroxylation sites is 1. The predicted molar refractivity (Wildman–Crippen MR) is 87.2 cm³/mol. The van der Waals surface area contributed by atoms with Gasteiger partial charge in [-0.2, -0.15) is 8.75 Å². The lowest BCUT2D eigenvalue weighted by molar-refractivity contribution is -0.122. The summed E-state index contributed by atoms with van der Waals surface area (Å²) in [6.45, 7) is 1.80. The van der Waals surface area contributed by atoms with Gasteiger partial charge in [-0.05, 0) is 36.8 Å². The van der Waals surface area contributed by atoms with Crippen molar-refractivity contribution in [2.75, 3.05) is 5.32 Å². The number of benzene rings is 2. The van der Waals surface area contributed by atoms with Crippen LogP contribution in [0.25, 0.3) is 11.0 Å². The number of aromatic nitrogens is 2. The molecule has 1 heterocycles. The van der Waals surface area contributed by atoms with Crippen LogP contribution in [-0.4, -0.2) is 20.8 Å². The lowest BCUT2D eigenvalue weighted by Crippen LogP contribution is -2.32. The molecule has 118 valence electrons. The van der Waals surface area contributed by atoms with E-state index in [9.17, 15) is 9.18 Å². The smallest absolute Gasteiger partial charge is 0.265 e. The van der Waals surface area contributed by atoms with Crippen LogP contribution in [-0.2, 0) is 4.79 Å². The summed E-state index contributed by atoms with van der Waals surface area (Å²) in [4.78, 5) is 12.3. The highest BCUT2D eigenvalue weighted by Gasteiger charge is 2.20. The van der Waals surface area contributed by atoms with E-state index < -0.39 is 11.9 Å². The Kier molecular flexibility index (Phi) is 4.47. The zero-order chi connectivity index (χ0) is 16.2. The van der Waals surface area contributed by atoms with Crippen molar-refractivity contribution < 1.29 is 13.9 Å². The summed E-state index contributed by atoms with van der Waals surface area (Å²) < 4.78 is 27.4. The predicted octanol–water partition coefficient (Wildman–Crippen LogP) is 3.63. The van der Waals surface area contributed by atoms with Gasteiger partial charge in [-0.15, -0.1) is 0 Å². The van der Waals surface area contributed by atoms with Gasteiger partial charge in [0.05, 0.1) is 11.7 Å². The van der Waals surface area contributed by atoms with Gasteiger partial charge in [-0.25, -0.2) is 4.39 Å². The molecule has 0 spiro atoms. The molecule has 7 heteroatoms. The molecule has 0 saturated heterocycles. The van der Waals surface area contributed by atoms with Crippen molar-refractivity contribution in [3.8, 4) is 5.75 Å². The molecular formula is C16H14FN3O2S. The lowest BCUT2D eigenvalue weighted by atomic mass is 10.2. The Morgan fingerprint density at radius 1 is 1.26 bits per heavy atom. The first-order valence-electron chi connectivity index (χ1n) is 7.11. The molecule has 5 nitrogen and oxygen atoms in total. The summed E-state index contributed by atoms with van der Waals surface area (Å²) in [5.41, 5.74) is 2.10. The number of amides is 1. The summed E-state index contributed by atoms with van der Waals surface area (Å²) in [6, 6.07) is 11.3. The van der Waals surface area contributed by atoms with Crippen LogP contribution in [0, 0.1) is 5.82 Å². The lowest BCUT2D eigenvalue weighted by Gasteiger charge is -2.17.